The number of benzene rings is 1. The zero-order valence-electron chi connectivity index (χ0n) is 8.85. The van der Waals surface area contributed by atoms with E-state index in [4.69, 9.17) is 4.74 Å². The molecule has 16 heavy (non-hydrogen) atoms. The molecule has 0 aliphatic heterocycles. The van der Waals surface area contributed by atoms with E-state index in [0.717, 1.165) is 4.68 Å². The van der Waals surface area contributed by atoms with Crippen LogP contribution < -0.4 is 10.4 Å². The molecule has 6 heteroatoms. The molecule has 0 fully saturated rings. The van der Waals surface area contributed by atoms with E-state index in [-0.39, 0.29) is 17.5 Å². The van der Waals surface area contributed by atoms with Crippen LogP contribution in [-0.4, -0.2) is 21.5 Å². The van der Waals surface area contributed by atoms with Gasteiger partial charge in [0.15, 0.2) is 0 Å². The van der Waals surface area contributed by atoms with E-state index in [9.17, 15) is 9.18 Å². The number of hydrogen-bond donors (Lipinski definition) is 0. The van der Waals surface area contributed by atoms with Crippen LogP contribution in [0.25, 0.3) is 5.69 Å². The number of nitrogens with zero attached hydrogens (tertiary/aromatic N) is 3. The lowest BCUT2D eigenvalue weighted by atomic mass is 10.3. The summed E-state index contributed by atoms with van der Waals surface area (Å²) in [6.07, 6.45) is 0. The van der Waals surface area contributed by atoms with Gasteiger partial charge in [0.1, 0.15) is 5.82 Å². The largest absolute Gasteiger partial charge is 0.467 e. The summed E-state index contributed by atoms with van der Waals surface area (Å²) in [6.45, 7) is 0. The molecular formula is C10H10FN3O2. The number of methoxy groups -OCH3 is 1. The fourth-order valence-electron chi connectivity index (χ4n) is 1.35. The quantitative estimate of drug-likeness (QED) is 0.753. The van der Waals surface area contributed by atoms with Crippen molar-refractivity contribution in [2.75, 3.05) is 7.11 Å². The summed E-state index contributed by atoms with van der Waals surface area (Å²) < 4.78 is 20.0. The molecule has 84 valence electrons. The second kappa shape index (κ2) is 3.80. The highest BCUT2D eigenvalue weighted by molar-refractivity contribution is 5.30. The summed E-state index contributed by atoms with van der Waals surface area (Å²) in [5, 5.41) is 3.95. The monoisotopic (exact) mass is 223 g/mol. The molecule has 0 unspecified atom stereocenters. The summed E-state index contributed by atoms with van der Waals surface area (Å²) in [4.78, 5) is 11.7. The Bertz CT molecular complexity index is 556. The van der Waals surface area contributed by atoms with E-state index < -0.39 is 0 Å². The van der Waals surface area contributed by atoms with Gasteiger partial charge >= 0.3 is 11.7 Å². The SMILES string of the molecule is COc1nn(-c2ccc(F)cc2)c(=O)n1C. The number of hydrogen-bond acceptors (Lipinski definition) is 3. The van der Waals surface area contributed by atoms with E-state index in [1.54, 1.807) is 7.05 Å². The minimum absolute atomic E-state index is 0.203. The molecule has 5 nitrogen and oxygen atoms in total. The minimum atomic E-state index is -0.361. The van der Waals surface area contributed by atoms with Crippen molar-refractivity contribution >= 4 is 0 Å². The average Bonchev–Trinajstić information content (AvgIpc) is 2.57. The van der Waals surface area contributed by atoms with Crippen LogP contribution in [0.1, 0.15) is 0 Å². The molecule has 0 atom stereocenters. The molecule has 0 aliphatic carbocycles. The maximum absolute atomic E-state index is 12.7. The van der Waals surface area contributed by atoms with Crippen LogP contribution in [0.15, 0.2) is 29.1 Å². The van der Waals surface area contributed by atoms with Gasteiger partial charge in [0, 0.05) is 7.05 Å². The maximum atomic E-state index is 12.7. The molecule has 1 aromatic carbocycles. The van der Waals surface area contributed by atoms with Crippen LogP contribution in [0.3, 0.4) is 0 Å². The van der Waals surface area contributed by atoms with Crippen molar-refractivity contribution in [3.8, 4) is 11.7 Å². The van der Waals surface area contributed by atoms with Gasteiger partial charge in [-0.3, -0.25) is 0 Å². The van der Waals surface area contributed by atoms with Crippen LogP contribution in [0, 0.1) is 5.82 Å². The van der Waals surface area contributed by atoms with Crippen LogP contribution in [0.2, 0.25) is 0 Å². The summed E-state index contributed by atoms with van der Waals surface area (Å²) in [6, 6.07) is 5.69. The number of aromatic nitrogens is 3. The van der Waals surface area contributed by atoms with Crippen LogP contribution >= 0.6 is 0 Å². The first-order chi connectivity index (χ1) is 7.63. The molecule has 2 aromatic rings. The third kappa shape index (κ3) is 1.58. The second-order valence-electron chi connectivity index (χ2n) is 3.22. The van der Waals surface area contributed by atoms with Gasteiger partial charge in [-0.15, -0.1) is 5.10 Å². The maximum Gasteiger partial charge on any atom is 0.353 e. The molecular weight excluding hydrogens is 213 g/mol. The fraction of sp³-hybridized carbons (Fsp3) is 0.200. The van der Waals surface area contributed by atoms with Gasteiger partial charge in [-0.05, 0) is 24.3 Å². The molecule has 1 aromatic heterocycles. The highest BCUT2D eigenvalue weighted by atomic mass is 19.1. The molecule has 0 spiro atoms. The Kier molecular flexibility index (Phi) is 2.47. The normalized spacial score (nSPS) is 10.4. The van der Waals surface area contributed by atoms with Crippen molar-refractivity contribution < 1.29 is 9.13 Å². The Morgan fingerprint density at radius 3 is 2.44 bits per heavy atom. The highest BCUT2D eigenvalue weighted by Gasteiger charge is 2.11. The van der Waals surface area contributed by atoms with Gasteiger partial charge in [-0.2, -0.15) is 4.68 Å². The zero-order valence-corrected chi connectivity index (χ0v) is 8.85. The Hall–Kier alpha value is -2.11. The molecule has 0 amide bonds. The van der Waals surface area contributed by atoms with Crippen LogP contribution in [0.5, 0.6) is 6.01 Å². The molecule has 0 N–H and O–H groups in total. The second-order valence-corrected chi connectivity index (χ2v) is 3.22. The van der Waals surface area contributed by atoms with Crippen molar-refractivity contribution in [1.29, 1.82) is 0 Å². The highest BCUT2D eigenvalue weighted by Crippen LogP contribution is 2.08. The summed E-state index contributed by atoms with van der Waals surface area (Å²) >= 11 is 0. The van der Waals surface area contributed by atoms with E-state index >= 15 is 0 Å². The first-order valence-electron chi connectivity index (χ1n) is 4.59. The Morgan fingerprint density at radius 2 is 1.94 bits per heavy atom. The third-order valence-electron chi connectivity index (χ3n) is 2.19. The van der Waals surface area contributed by atoms with E-state index in [1.165, 1.54) is 35.9 Å². The molecule has 0 saturated carbocycles. The topological polar surface area (TPSA) is 49.1 Å². The Morgan fingerprint density at radius 1 is 1.31 bits per heavy atom. The van der Waals surface area contributed by atoms with E-state index in [1.807, 2.05) is 0 Å². The predicted molar refractivity (Wildman–Crippen MR) is 55.3 cm³/mol. The van der Waals surface area contributed by atoms with Crippen molar-refractivity contribution in [3.63, 3.8) is 0 Å². The molecule has 0 bridgehead atoms. The van der Waals surface area contributed by atoms with Gasteiger partial charge < -0.3 is 4.74 Å². The minimum Gasteiger partial charge on any atom is -0.467 e. The van der Waals surface area contributed by atoms with Gasteiger partial charge in [0.25, 0.3) is 0 Å². The van der Waals surface area contributed by atoms with Gasteiger partial charge in [-0.25, -0.2) is 13.8 Å². The third-order valence-corrected chi connectivity index (χ3v) is 2.19. The molecule has 0 saturated heterocycles. The van der Waals surface area contributed by atoms with Crippen LogP contribution in [0.4, 0.5) is 4.39 Å². The standard InChI is InChI=1S/C10H10FN3O2/c1-13-9(16-2)12-14(10(13)15)8-5-3-7(11)4-6-8/h3-6H,1-2H3. The average molecular weight is 223 g/mol. The smallest absolute Gasteiger partial charge is 0.353 e. The first-order valence-corrected chi connectivity index (χ1v) is 4.59. The lowest BCUT2D eigenvalue weighted by Gasteiger charge is -1.97. The molecule has 1 heterocycles. The number of halogens is 1. The van der Waals surface area contributed by atoms with Gasteiger partial charge in [-0.1, -0.05) is 0 Å². The Labute approximate surface area is 90.7 Å². The zero-order chi connectivity index (χ0) is 11.7. The van der Waals surface area contributed by atoms with E-state index in [0.29, 0.717) is 5.69 Å². The molecule has 2 rings (SSSR count). The lowest BCUT2D eigenvalue weighted by molar-refractivity contribution is 0.362. The van der Waals surface area contributed by atoms with Gasteiger partial charge in [0.2, 0.25) is 0 Å². The summed E-state index contributed by atoms with van der Waals surface area (Å²) in [5.74, 6) is -0.361. The van der Waals surface area contributed by atoms with Crippen molar-refractivity contribution in [2.45, 2.75) is 0 Å². The summed E-state index contributed by atoms with van der Waals surface area (Å²) in [7, 11) is 2.98. The first kappa shape index (κ1) is 10.4. The molecule has 0 radical (unpaired) electrons. The summed E-state index contributed by atoms with van der Waals surface area (Å²) in [5.41, 5.74) is 0.147. The van der Waals surface area contributed by atoms with Crippen LogP contribution in [-0.2, 0) is 7.05 Å². The van der Waals surface area contributed by atoms with Crippen molar-refractivity contribution in [2.24, 2.45) is 7.05 Å². The predicted octanol–water partition coefficient (Wildman–Crippen LogP) is 0.719. The molecule has 0 aliphatic rings. The van der Waals surface area contributed by atoms with Crippen molar-refractivity contribution in [3.05, 3.63) is 40.6 Å². The van der Waals surface area contributed by atoms with E-state index in [2.05, 4.69) is 5.10 Å². The van der Waals surface area contributed by atoms with Gasteiger partial charge in [0.05, 0.1) is 12.8 Å². The lowest BCUT2D eigenvalue weighted by Crippen LogP contribution is -2.21. The number of ether oxygens (including phenoxy) is 1. The number of rotatable bonds is 2. The fourth-order valence-corrected chi connectivity index (χ4v) is 1.35. The Balaban J connectivity index is 2.56. The van der Waals surface area contributed by atoms with Crippen molar-refractivity contribution in [1.82, 2.24) is 14.3 Å².